The van der Waals surface area contributed by atoms with Crippen LogP contribution in [0.5, 0.6) is 0 Å². The van der Waals surface area contributed by atoms with Crippen molar-refractivity contribution in [2.75, 3.05) is 6.54 Å². The van der Waals surface area contributed by atoms with Crippen LogP contribution in [0.3, 0.4) is 0 Å². The van der Waals surface area contributed by atoms with Gasteiger partial charge < -0.3 is 5.73 Å². The van der Waals surface area contributed by atoms with Crippen molar-refractivity contribution >= 4 is 0 Å². The van der Waals surface area contributed by atoms with Crippen LogP contribution >= 0.6 is 0 Å². The fourth-order valence-electron chi connectivity index (χ4n) is 4.61. The van der Waals surface area contributed by atoms with E-state index in [1.54, 1.807) is 0 Å². The van der Waals surface area contributed by atoms with E-state index in [9.17, 15) is 0 Å². The first-order chi connectivity index (χ1) is 12.8. The molecule has 0 aliphatic heterocycles. The van der Waals surface area contributed by atoms with Gasteiger partial charge in [0.1, 0.15) is 0 Å². The van der Waals surface area contributed by atoms with Gasteiger partial charge in [0.2, 0.25) is 0 Å². The van der Waals surface area contributed by atoms with Crippen LogP contribution in [-0.2, 0) is 0 Å². The maximum absolute atomic E-state index is 6.10. The molecule has 1 nitrogen and oxygen atoms in total. The lowest BCUT2D eigenvalue weighted by molar-refractivity contribution is 0.176. The Morgan fingerprint density at radius 2 is 1.15 bits per heavy atom. The van der Waals surface area contributed by atoms with Crippen LogP contribution in [0.25, 0.3) is 0 Å². The Hall–Kier alpha value is -0.300. The Labute approximate surface area is 165 Å². The first kappa shape index (κ1) is 23.7. The molecule has 1 saturated carbocycles. The smallest absolute Gasteiger partial charge is 0.00205 e. The summed E-state index contributed by atoms with van der Waals surface area (Å²) in [5.41, 5.74) is 6.63. The van der Waals surface area contributed by atoms with E-state index in [-0.39, 0.29) is 0 Å². The second kappa shape index (κ2) is 16.8. The van der Waals surface area contributed by atoms with Crippen LogP contribution in [-0.4, -0.2) is 6.54 Å². The van der Waals surface area contributed by atoms with E-state index in [1.807, 2.05) is 0 Å². The van der Waals surface area contributed by atoms with Crippen molar-refractivity contribution < 1.29 is 0 Å². The molecule has 1 aliphatic carbocycles. The molecule has 0 heterocycles. The summed E-state index contributed by atoms with van der Waals surface area (Å²) >= 11 is 0. The monoisotopic (exact) mass is 363 g/mol. The zero-order valence-corrected chi connectivity index (χ0v) is 18.1. The van der Waals surface area contributed by atoms with Gasteiger partial charge in [0.25, 0.3) is 0 Å². The minimum Gasteiger partial charge on any atom is -0.330 e. The predicted molar refractivity (Wildman–Crippen MR) is 119 cm³/mol. The third-order valence-corrected chi connectivity index (χ3v) is 6.57. The van der Waals surface area contributed by atoms with Crippen molar-refractivity contribution in [3.8, 4) is 0 Å². The molecule has 0 radical (unpaired) electrons. The molecule has 0 aromatic rings. The van der Waals surface area contributed by atoms with Crippen LogP contribution in [0.2, 0.25) is 0 Å². The normalized spacial score (nSPS) is 17.2. The minimum atomic E-state index is 0.527. The maximum atomic E-state index is 6.10. The number of unbranched alkanes of at least 4 members (excludes halogenated alkanes) is 12. The van der Waals surface area contributed by atoms with Crippen LogP contribution in [0.4, 0.5) is 0 Å². The van der Waals surface area contributed by atoms with E-state index >= 15 is 0 Å². The molecular formula is C25H49N. The van der Waals surface area contributed by atoms with Gasteiger partial charge in [0, 0.05) is 0 Å². The molecule has 1 rings (SSSR count). The van der Waals surface area contributed by atoms with Crippen molar-refractivity contribution in [3.63, 3.8) is 0 Å². The molecule has 1 heteroatoms. The van der Waals surface area contributed by atoms with E-state index in [0.717, 1.165) is 6.54 Å². The van der Waals surface area contributed by atoms with Gasteiger partial charge in [-0.05, 0) is 56.9 Å². The van der Waals surface area contributed by atoms with Crippen LogP contribution < -0.4 is 5.73 Å². The number of hydrogen-bond donors (Lipinski definition) is 1. The molecular weight excluding hydrogens is 314 g/mol. The van der Waals surface area contributed by atoms with E-state index in [4.69, 9.17) is 5.73 Å². The SMILES string of the molecule is CCCCCCCC/C=C\CCCCCCCCC1(CN)CCCCC1. The molecule has 154 valence electrons. The lowest BCUT2D eigenvalue weighted by Crippen LogP contribution is -2.32. The number of rotatable bonds is 17. The second-order valence-corrected chi connectivity index (χ2v) is 8.95. The Balaban J connectivity index is 1.82. The molecule has 1 aliphatic rings. The van der Waals surface area contributed by atoms with Crippen LogP contribution in [0.1, 0.15) is 135 Å². The lowest BCUT2D eigenvalue weighted by Gasteiger charge is -2.36. The molecule has 2 N–H and O–H groups in total. The first-order valence-electron chi connectivity index (χ1n) is 12.2. The fourth-order valence-corrected chi connectivity index (χ4v) is 4.61. The summed E-state index contributed by atoms with van der Waals surface area (Å²) in [7, 11) is 0. The highest BCUT2D eigenvalue weighted by Gasteiger charge is 2.29. The highest BCUT2D eigenvalue weighted by atomic mass is 14.6. The van der Waals surface area contributed by atoms with Crippen molar-refractivity contribution in [1.82, 2.24) is 0 Å². The zero-order valence-electron chi connectivity index (χ0n) is 18.1. The molecule has 0 amide bonds. The van der Waals surface area contributed by atoms with Gasteiger partial charge in [-0.25, -0.2) is 0 Å². The number of nitrogens with two attached hydrogens (primary N) is 1. The Bertz CT molecular complexity index is 314. The topological polar surface area (TPSA) is 26.0 Å². The summed E-state index contributed by atoms with van der Waals surface area (Å²) in [5, 5.41) is 0. The average molecular weight is 364 g/mol. The highest BCUT2D eigenvalue weighted by molar-refractivity contribution is 4.83. The number of allylic oxidation sites excluding steroid dienone is 2. The Morgan fingerprint density at radius 3 is 1.69 bits per heavy atom. The number of hydrogen-bond acceptors (Lipinski definition) is 1. The average Bonchev–Trinajstić information content (AvgIpc) is 2.68. The summed E-state index contributed by atoms with van der Waals surface area (Å²) in [6, 6.07) is 0. The summed E-state index contributed by atoms with van der Waals surface area (Å²) in [6.07, 6.45) is 32.9. The van der Waals surface area contributed by atoms with Gasteiger partial charge in [0.05, 0.1) is 0 Å². The molecule has 0 aromatic carbocycles. The van der Waals surface area contributed by atoms with Crippen LogP contribution in [0, 0.1) is 5.41 Å². The highest BCUT2D eigenvalue weighted by Crippen LogP contribution is 2.39. The van der Waals surface area contributed by atoms with Gasteiger partial charge in [-0.2, -0.15) is 0 Å². The third-order valence-electron chi connectivity index (χ3n) is 6.57. The van der Waals surface area contributed by atoms with Crippen LogP contribution in [0.15, 0.2) is 12.2 Å². The summed E-state index contributed by atoms with van der Waals surface area (Å²) in [5.74, 6) is 0. The quantitative estimate of drug-likeness (QED) is 0.204. The second-order valence-electron chi connectivity index (χ2n) is 8.95. The summed E-state index contributed by atoms with van der Waals surface area (Å²) in [4.78, 5) is 0. The van der Waals surface area contributed by atoms with Gasteiger partial charge in [-0.15, -0.1) is 0 Å². The van der Waals surface area contributed by atoms with Gasteiger partial charge in [0.15, 0.2) is 0 Å². The fraction of sp³-hybridized carbons (Fsp3) is 0.920. The Morgan fingerprint density at radius 1 is 0.654 bits per heavy atom. The first-order valence-corrected chi connectivity index (χ1v) is 12.2. The van der Waals surface area contributed by atoms with Crippen molar-refractivity contribution in [2.45, 2.75) is 135 Å². The zero-order chi connectivity index (χ0) is 18.8. The maximum Gasteiger partial charge on any atom is -0.00205 e. The Kier molecular flexibility index (Phi) is 15.4. The molecule has 0 aromatic heterocycles. The largest absolute Gasteiger partial charge is 0.330 e. The van der Waals surface area contributed by atoms with Crippen molar-refractivity contribution in [3.05, 3.63) is 12.2 Å². The van der Waals surface area contributed by atoms with Gasteiger partial charge >= 0.3 is 0 Å². The minimum absolute atomic E-state index is 0.527. The molecule has 0 saturated heterocycles. The van der Waals surface area contributed by atoms with E-state index in [1.165, 1.54) is 128 Å². The molecule has 1 fully saturated rings. The molecule has 0 unspecified atom stereocenters. The molecule has 0 atom stereocenters. The molecule has 26 heavy (non-hydrogen) atoms. The van der Waals surface area contributed by atoms with Crippen molar-refractivity contribution in [2.24, 2.45) is 11.1 Å². The van der Waals surface area contributed by atoms with E-state index in [0.29, 0.717) is 5.41 Å². The molecule has 0 spiro atoms. The van der Waals surface area contributed by atoms with Gasteiger partial charge in [-0.3, -0.25) is 0 Å². The lowest BCUT2D eigenvalue weighted by atomic mass is 9.71. The van der Waals surface area contributed by atoms with Crippen molar-refractivity contribution in [1.29, 1.82) is 0 Å². The third kappa shape index (κ3) is 12.2. The predicted octanol–water partition coefficient (Wildman–Crippen LogP) is 8.32. The van der Waals surface area contributed by atoms with Gasteiger partial charge in [-0.1, -0.05) is 103 Å². The van der Waals surface area contributed by atoms with E-state index < -0.39 is 0 Å². The molecule has 0 bridgehead atoms. The summed E-state index contributed by atoms with van der Waals surface area (Å²) < 4.78 is 0. The summed E-state index contributed by atoms with van der Waals surface area (Å²) in [6.45, 7) is 3.22. The standard InChI is InChI=1S/C25H49N/c1-2-3-4-5-6-7-8-9-10-11-12-13-14-15-16-18-21-25(24-26)22-19-17-20-23-25/h9-10H,2-8,11-24,26H2,1H3/b10-9-. The van der Waals surface area contributed by atoms with E-state index in [2.05, 4.69) is 19.1 Å².